The lowest BCUT2D eigenvalue weighted by Gasteiger charge is -2.20. The number of nitrogens with zero attached hydrogens (tertiary/aromatic N) is 2. The molecule has 0 fully saturated rings. The lowest BCUT2D eigenvalue weighted by atomic mass is 10.0. The smallest absolute Gasteiger partial charge is 0.281 e. The minimum Gasteiger partial charge on any atom is -0.339 e. The minimum absolute atomic E-state index is 0.0462. The maximum absolute atomic E-state index is 12.5. The zero-order valence-corrected chi connectivity index (χ0v) is 11.6. The molecule has 0 saturated heterocycles. The summed E-state index contributed by atoms with van der Waals surface area (Å²) in [4.78, 5) is 36.4. The number of benzene rings is 1. The van der Waals surface area contributed by atoms with Gasteiger partial charge < -0.3 is 4.90 Å². The third-order valence-corrected chi connectivity index (χ3v) is 4.08. The van der Waals surface area contributed by atoms with Crippen molar-refractivity contribution in [3.8, 4) is 0 Å². The molecule has 0 unspecified atom stereocenters. The highest BCUT2D eigenvalue weighted by atomic mass is 16.6. The van der Waals surface area contributed by atoms with Gasteiger partial charge in [-0.25, -0.2) is 0 Å². The van der Waals surface area contributed by atoms with Crippen molar-refractivity contribution < 1.29 is 14.5 Å². The van der Waals surface area contributed by atoms with E-state index >= 15 is 0 Å². The summed E-state index contributed by atoms with van der Waals surface area (Å²) in [6.07, 6.45) is 1.26. The Morgan fingerprint density at radius 3 is 2.76 bits per heavy atom. The van der Waals surface area contributed by atoms with Crippen molar-refractivity contribution in [2.45, 2.75) is 19.8 Å². The average Bonchev–Trinajstić information content (AvgIpc) is 2.63. The summed E-state index contributed by atoms with van der Waals surface area (Å²) in [6, 6.07) is 4.67. The second-order valence-corrected chi connectivity index (χ2v) is 5.29. The van der Waals surface area contributed by atoms with E-state index in [0.29, 0.717) is 37.1 Å². The molecule has 21 heavy (non-hydrogen) atoms. The molecular weight excluding hydrogens is 272 g/mol. The van der Waals surface area contributed by atoms with Gasteiger partial charge in [0.15, 0.2) is 5.78 Å². The van der Waals surface area contributed by atoms with E-state index in [0.717, 1.165) is 5.57 Å². The van der Waals surface area contributed by atoms with E-state index < -0.39 is 4.92 Å². The van der Waals surface area contributed by atoms with Gasteiger partial charge >= 0.3 is 0 Å². The first kappa shape index (κ1) is 13.5. The van der Waals surface area contributed by atoms with E-state index in [1.807, 2.05) is 0 Å². The van der Waals surface area contributed by atoms with Crippen molar-refractivity contribution in [1.29, 1.82) is 0 Å². The fraction of sp³-hybridized carbons (Fsp3) is 0.333. The molecule has 1 aliphatic heterocycles. The number of carbonyl (C=O) groups is 2. The monoisotopic (exact) mass is 286 g/mol. The molecule has 1 aliphatic carbocycles. The fourth-order valence-corrected chi connectivity index (χ4v) is 3.06. The molecule has 0 radical (unpaired) electrons. The Morgan fingerprint density at radius 2 is 2.10 bits per heavy atom. The van der Waals surface area contributed by atoms with E-state index in [4.69, 9.17) is 0 Å². The maximum atomic E-state index is 12.5. The van der Waals surface area contributed by atoms with Gasteiger partial charge in [0, 0.05) is 31.7 Å². The summed E-state index contributed by atoms with van der Waals surface area (Å²) in [5.74, 6) is -0.298. The van der Waals surface area contributed by atoms with Crippen LogP contribution < -0.4 is 0 Å². The van der Waals surface area contributed by atoms with Gasteiger partial charge in [-0.2, -0.15) is 0 Å². The van der Waals surface area contributed by atoms with Crippen LogP contribution in [-0.4, -0.2) is 34.6 Å². The van der Waals surface area contributed by atoms with Crippen LogP contribution in [0, 0.1) is 10.1 Å². The Labute approximate surface area is 121 Å². The molecule has 0 N–H and O–H groups in total. The number of allylic oxidation sites excluding steroid dienone is 1. The Morgan fingerprint density at radius 1 is 1.33 bits per heavy atom. The number of nitro groups is 1. The first-order valence-electron chi connectivity index (χ1n) is 6.80. The maximum Gasteiger partial charge on any atom is 0.281 e. The number of fused-ring (bicyclic) bond motifs is 2. The second-order valence-electron chi connectivity index (χ2n) is 5.29. The summed E-state index contributed by atoms with van der Waals surface area (Å²) in [5, 5.41) is 11.1. The molecule has 108 valence electrons. The third kappa shape index (κ3) is 2.03. The van der Waals surface area contributed by atoms with Gasteiger partial charge in [-0.1, -0.05) is 12.1 Å². The van der Waals surface area contributed by atoms with Gasteiger partial charge in [0.2, 0.25) is 5.91 Å². The van der Waals surface area contributed by atoms with Crippen molar-refractivity contribution in [2.75, 3.05) is 13.1 Å². The standard InChI is InChI=1S/C15H14N2O4/c1-9(18)16-7-3-5-11-12(8-16)10-4-2-6-13(17(20)21)14(10)15(11)19/h2,4,6H,3,5,7-8H2,1H3. The summed E-state index contributed by atoms with van der Waals surface area (Å²) >= 11 is 0. The molecule has 0 bridgehead atoms. The topological polar surface area (TPSA) is 80.5 Å². The van der Waals surface area contributed by atoms with Crippen LogP contribution in [0.4, 0.5) is 5.69 Å². The normalized spacial score (nSPS) is 17.4. The summed E-state index contributed by atoms with van der Waals surface area (Å²) in [7, 11) is 0. The Kier molecular flexibility index (Phi) is 3.08. The average molecular weight is 286 g/mol. The van der Waals surface area contributed by atoms with E-state index in [-0.39, 0.29) is 22.9 Å². The Hall–Kier alpha value is -2.50. The zero-order valence-electron chi connectivity index (χ0n) is 11.6. The van der Waals surface area contributed by atoms with Gasteiger partial charge in [-0.15, -0.1) is 0 Å². The number of ketones is 1. The Balaban J connectivity index is 2.13. The number of rotatable bonds is 1. The molecule has 6 nitrogen and oxygen atoms in total. The van der Waals surface area contributed by atoms with Crippen LogP contribution in [0.1, 0.15) is 35.7 Å². The van der Waals surface area contributed by atoms with Crippen LogP contribution in [0.5, 0.6) is 0 Å². The van der Waals surface area contributed by atoms with E-state index in [1.165, 1.54) is 13.0 Å². The lowest BCUT2D eigenvalue weighted by molar-refractivity contribution is -0.385. The van der Waals surface area contributed by atoms with Gasteiger partial charge in [0.1, 0.15) is 5.56 Å². The molecule has 2 aliphatic rings. The lowest BCUT2D eigenvalue weighted by Crippen LogP contribution is -2.30. The van der Waals surface area contributed by atoms with Crippen LogP contribution >= 0.6 is 0 Å². The molecule has 1 heterocycles. The summed E-state index contributed by atoms with van der Waals surface area (Å²) in [5.41, 5.74) is 2.03. The molecular formula is C15H14N2O4. The number of hydrogen-bond acceptors (Lipinski definition) is 4. The summed E-state index contributed by atoms with van der Waals surface area (Å²) < 4.78 is 0. The highest BCUT2D eigenvalue weighted by Gasteiger charge is 2.37. The number of Topliss-reactive ketones (excluding diaryl/α,β-unsaturated/α-hetero) is 1. The fourth-order valence-electron chi connectivity index (χ4n) is 3.06. The SMILES string of the molecule is CC(=O)N1CCCC2=C(C1)c1cccc([N+](=O)[O-])c1C2=O. The summed E-state index contributed by atoms with van der Waals surface area (Å²) in [6.45, 7) is 2.46. The van der Waals surface area contributed by atoms with Gasteiger partial charge in [0.25, 0.3) is 5.69 Å². The highest BCUT2D eigenvalue weighted by molar-refractivity contribution is 6.23. The molecule has 0 spiro atoms. The Bertz CT molecular complexity index is 706. The van der Waals surface area contributed by atoms with Crippen LogP contribution in [0.2, 0.25) is 0 Å². The van der Waals surface area contributed by atoms with Gasteiger partial charge in [0.05, 0.1) is 4.92 Å². The van der Waals surface area contributed by atoms with Crippen LogP contribution in [0.25, 0.3) is 5.57 Å². The number of amides is 1. The van der Waals surface area contributed by atoms with Crippen LogP contribution in [0.15, 0.2) is 23.8 Å². The molecule has 6 heteroatoms. The van der Waals surface area contributed by atoms with Crippen molar-refractivity contribution in [2.24, 2.45) is 0 Å². The van der Waals surface area contributed by atoms with Crippen molar-refractivity contribution in [1.82, 2.24) is 4.90 Å². The number of hydrogen-bond donors (Lipinski definition) is 0. The van der Waals surface area contributed by atoms with Crippen molar-refractivity contribution >= 4 is 23.0 Å². The van der Waals surface area contributed by atoms with E-state index in [2.05, 4.69) is 0 Å². The molecule has 1 aromatic rings. The molecule has 1 aromatic carbocycles. The second kappa shape index (κ2) is 4.80. The van der Waals surface area contributed by atoms with Crippen molar-refractivity contribution in [3.05, 3.63) is 45.0 Å². The van der Waals surface area contributed by atoms with Crippen molar-refractivity contribution in [3.63, 3.8) is 0 Å². The largest absolute Gasteiger partial charge is 0.339 e. The van der Waals surface area contributed by atoms with Crippen LogP contribution in [-0.2, 0) is 4.79 Å². The quantitative estimate of drug-likeness (QED) is 0.585. The molecule has 3 rings (SSSR count). The van der Waals surface area contributed by atoms with Gasteiger partial charge in [-0.3, -0.25) is 19.7 Å². The minimum atomic E-state index is -0.522. The first-order chi connectivity index (χ1) is 10.0. The predicted molar refractivity (Wildman–Crippen MR) is 75.8 cm³/mol. The molecule has 1 amide bonds. The zero-order chi connectivity index (χ0) is 15.1. The highest BCUT2D eigenvalue weighted by Crippen LogP contribution is 2.41. The predicted octanol–water partition coefficient (Wildman–Crippen LogP) is 2.19. The van der Waals surface area contributed by atoms with E-state index in [1.54, 1.807) is 17.0 Å². The van der Waals surface area contributed by atoms with Gasteiger partial charge in [-0.05, 0) is 24.0 Å². The molecule has 0 atom stereocenters. The number of nitro benzene ring substituents is 1. The molecule has 0 saturated carbocycles. The third-order valence-electron chi connectivity index (χ3n) is 4.08. The first-order valence-corrected chi connectivity index (χ1v) is 6.80. The molecule has 0 aromatic heterocycles. The van der Waals surface area contributed by atoms with E-state index in [9.17, 15) is 19.7 Å². The van der Waals surface area contributed by atoms with Crippen LogP contribution in [0.3, 0.4) is 0 Å². The number of carbonyl (C=O) groups excluding carboxylic acids is 2.